The molecule has 0 unspecified atom stereocenters. The zero-order chi connectivity index (χ0) is 98.9. The van der Waals surface area contributed by atoms with Gasteiger partial charge in [0.15, 0.2) is 0 Å². The van der Waals surface area contributed by atoms with Gasteiger partial charge in [-0.05, 0) is 309 Å². The molecular weight excluding hydrogens is 1900 g/mol. The van der Waals surface area contributed by atoms with Gasteiger partial charge in [-0.15, -0.1) is 0 Å². The standard InChI is InChI=1S/C30H22.C29H21NO2.C25H27BO2.C19H15Br.C18H15P.C10H6BrNO2/c1-30(2)27-17-25-21(15-20-12-11-18-7-3-5-9-22(18)28(20)25)16-26(27)24-14-13-19-8-4-6-10-23(19)29(24)30;1-29(2)25-17-20(27-21-9-5-3-7-18(21)13-16-26(27)30(31)32)12-14-23(25)24-15-11-19-8-4-6-10-22(19)28(24)29;1-23(2)21-15-17(26-27-24(3,4)25(5,6)28-26)12-14-19(21)20-13-11-16-9-7-8-10-18(16)22(20)23;1-19(2)17-11-13(20)8-10-15(17)16-9-7-12-5-3-4-6-14(12)18(16)19;1-4-10-16(11-5-1)19(17-12-6-2-7-13-17)18-14-8-3-9-15-18;11-10-8-4-2-1-3-7(8)5-6-9(10)12(13)14/h3-14,16-17H,15H2,1-2H3;3-17H,1-2H3;7-15H,1-6H3;3-11H,1-2H3;1-15H;1-6H. The summed E-state index contributed by atoms with van der Waals surface area (Å²) in [6.45, 7) is 27.0. The third kappa shape index (κ3) is 16.3. The molecule has 8 nitrogen and oxygen atoms in total. The van der Waals surface area contributed by atoms with Crippen LogP contribution in [0.15, 0.2) is 421 Å². The monoisotopic (exact) mass is 2000 g/mol. The quantitative estimate of drug-likeness (QED) is 0.0681. The van der Waals surface area contributed by atoms with Gasteiger partial charge in [0.1, 0.15) is 4.47 Å². The van der Waals surface area contributed by atoms with Gasteiger partial charge in [-0.2, -0.15) is 0 Å². The lowest BCUT2D eigenvalue weighted by molar-refractivity contribution is -0.385. The van der Waals surface area contributed by atoms with E-state index in [1.165, 1.54) is 187 Å². The SMILES string of the molecule is CC1(C)c2cc(-c3c([N+](=O)[O-])ccc4ccccc34)ccc2-c2ccc3ccccc3c21.CC1(C)c2cc(B3OC(C)(C)C(C)(C)O3)ccc2-c2ccc3ccccc3c21.CC1(C)c2cc(Br)ccc2-c2ccc3ccccc3c21.CC1(C)c2cc3c(cc2-c2ccc4ccccc4c21)Cc1ccc2ccccc2c1-3.O=[N+]([O-])c1ccc2ccccc2c1Br.c1ccc(P(c2ccccc2)c2ccccc2)cc1. The fourth-order valence-corrected chi connectivity index (χ4v) is 26.7. The smallest absolute Gasteiger partial charge is 0.399 e. The van der Waals surface area contributed by atoms with Crippen LogP contribution >= 0.6 is 39.8 Å². The minimum Gasteiger partial charge on any atom is -0.399 e. The molecule has 0 N–H and O–H groups in total. The summed E-state index contributed by atoms with van der Waals surface area (Å²) in [7, 11) is -0.773. The van der Waals surface area contributed by atoms with Gasteiger partial charge in [0.2, 0.25) is 0 Å². The van der Waals surface area contributed by atoms with E-state index in [1.807, 2.05) is 60.7 Å². The molecule has 0 amide bonds. The van der Waals surface area contributed by atoms with E-state index in [0.29, 0.717) is 10.0 Å². The number of rotatable bonds is 7. The van der Waals surface area contributed by atoms with Gasteiger partial charge in [-0.25, -0.2) is 0 Å². The summed E-state index contributed by atoms with van der Waals surface area (Å²) in [5, 5.41) is 43.8. The van der Waals surface area contributed by atoms with Gasteiger partial charge < -0.3 is 9.31 Å². The van der Waals surface area contributed by atoms with Crippen molar-refractivity contribution in [2.75, 3.05) is 0 Å². The summed E-state index contributed by atoms with van der Waals surface area (Å²) in [5.41, 5.74) is 29.7. The van der Waals surface area contributed by atoms with Gasteiger partial charge in [0.25, 0.3) is 11.4 Å². The van der Waals surface area contributed by atoms with E-state index in [2.05, 4.69) is 449 Å². The number of hydrogen-bond donors (Lipinski definition) is 0. The number of hydrogen-bond acceptors (Lipinski definition) is 6. The molecule has 21 aromatic rings. The molecule has 12 heteroatoms. The first-order valence-electron chi connectivity index (χ1n) is 49.1. The summed E-state index contributed by atoms with van der Waals surface area (Å²) >= 11 is 6.85. The summed E-state index contributed by atoms with van der Waals surface area (Å²) in [5.74, 6) is 0. The minimum atomic E-state index is -0.446. The molecule has 21 aromatic carbocycles. The summed E-state index contributed by atoms with van der Waals surface area (Å²) in [6, 6.07) is 145. The van der Waals surface area contributed by atoms with Crippen molar-refractivity contribution in [2.24, 2.45) is 0 Å². The first-order valence-corrected chi connectivity index (χ1v) is 52.0. The van der Waals surface area contributed by atoms with Crippen molar-refractivity contribution in [1.82, 2.24) is 0 Å². The molecule has 1 aliphatic heterocycles. The van der Waals surface area contributed by atoms with Gasteiger partial charge in [0.05, 0.1) is 26.6 Å². The van der Waals surface area contributed by atoms with E-state index >= 15 is 0 Å². The maximum atomic E-state index is 11.9. The van der Waals surface area contributed by atoms with Crippen molar-refractivity contribution in [3.05, 3.63) is 497 Å². The van der Waals surface area contributed by atoms with Gasteiger partial charge in [-0.3, -0.25) is 20.2 Å². The van der Waals surface area contributed by atoms with E-state index in [-0.39, 0.29) is 56.3 Å². The second-order valence-corrected chi connectivity index (χ2v) is 45.3. The van der Waals surface area contributed by atoms with Crippen LogP contribution in [-0.2, 0) is 37.4 Å². The number of benzene rings is 21. The number of nitro groups is 2. The molecule has 0 bridgehead atoms. The van der Waals surface area contributed by atoms with Crippen LogP contribution in [0.25, 0.3) is 142 Å². The first kappa shape index (κ1) is 93.6. The van der Waals surface area contributed by atoms with E-state index in [1.54, 1.807) is 12.1 Å². The molecule has 0 aromatic heterocycles. The van der Waals surface area contributed by atoms with Crippen molar-refractivity contribution < 1.29 is 19.2 Å². The highest BCUT2D eigenvalue weighted by Crippen LogP contribution is 2.59. The third-order valence-corrected chi connectivity index (χ3v) is 34.8. The molecular formula is C131H106BBr2N2O6P. The lowest BCUT2D eigenvalue weighted by Gasteiger charge is -2.32. The highest BCUT2D eigenvalue weighted by atomic mass is 79.9. The van der Waals surface area contributed by atoms with E-state index < -0.39 is 12.8 Å². The van der Waals surface area contributed by atoms with E-state index in [9.17, 15) is 20.2 Å². The molecule has 1 saturated heterocycles. The van der Waals surface area contributed by atoms with Gasteiger partial charge >= 0.3 is 7.12 Å². The predicted molar refractivity (Wildman–Crippen MR) is 608 cm³/mol. The zero-order valence-corrected chi connectivity index (χ0v) is 86.2. The number of nitrogens with zero attached hydrogens (tertiary/aromatic N) is 2. The summed E-state index contributed by atoms with van der Waals surface area (Å²) < 4.78 is 14.3. The molecule has 1 heterocycles. The maximum absolute atomic E-state index is 11.9. The maximum Gasteiger partial charge on any atom is 0.494 e. The number of nitro benzene ring substituents is 2. The van der Waals surface area contributed by atoms with Crippen LogP contribution in [-0.4, -0.2) is 28.2 Å². The zero-order valence-electron chi connectivity index (χ0n) is 82.1. The normalized spacial score (nSPS) is 14.9. The average Bonchev–Trinajstić information content (AvgIpc) is 1.64. The minimum absolute atomic E-state index is 0.00605. The number of halogens is 2. The van der Waals surface area contributed by atoms with Crippen LogP contribution < -0.4 is 21.4 Å². The predicted octanol–water partition coefficient (Wildman–Crippen LogP) is 34.1. The van der Waals surface area contributed by atoms with E-state index in [4.69, 9.17) is 9.31 Å². The molecule has 0 spiro atoms. The Kier molecular flexibility index (Phi) is 23.9. The highest BCUT2D eigenvalue weighted by molar-refractivity contribution is 9.11. The van der Waals surface area contributed by atoms with Crippen LogP contribution in [0.4, 0.5) is 11.4 Å². The van der Waals surface area contributed by atoms with Crippen molar-refractivity contribution in [3.8, 4) is 66.8 Å². The molecule has 5 aliphatic carbocycles. The van der Waals surface area contributed by atoms with E-state index in [0.717, 1.165) is 43.5 Å². The van der Waals surface area contributed by atoms with Crippen molar-refractivity contribution in [3.63, 3.8) is 0 Å². The van der Waals surface area contributed by atoms with Crippen molar-refractivity contribution >= 4 is 155 Å². The molecule has 27 rings (SSSR count). The Morgan fingerprint density at radius 3 is 1.01 bits per heavy atom. The second-order valence-electron chi connectivity index (χ2n) is 41.4. The molecule has 143 heavy (non-hydrogen) atoms. The highest BCUT2D eigenvalue weighted by Gasteiger charge is 2.53. The topological polar surface area (TPSA) is 105 Å². The lowest BCUT2D eigenvalue weighted by atomic mass is 9.74. The third-order valence-electron chi connectivity index (χ3n) is 31.0. The molecule has 0 radical (unpaired) electrons. The first-order chi connectivity index (χ1) is 68.9. The summed E-state index contributed by atoms with van der Waals surface area (Å²) in [4.78, 5) is 21.9. The number of fused-ring (bicyclic) bond motifs is 27. The van der Waals surface area contributed by atoms with Crippen molar-refractivity contribution in [2.45, 2.75) is 122 Å². The molecule has 0 atom stereocenters. The molecule has 0 saturated carbocycles. The Hall–Kier alpha value is -14.4. The van der Waals surface area contributed by atoms with Crippen LogP contribution in [0.3, 0.4) is 0 Å². The van der Waals surface area contributed by atoms with Crippen LogP contribution in [0.1, 0.15) is 139 Å². The van der Waals surface area contributed by atoms with Crippen molar-refractivity contribution in [1.29, 1.82) is 0 Å². The second kappa shape index (κ2) is 36.5. The lowest BCUT2D eigenvalue weighted by Crippen LogP contribution is -2.41. The Balaban J connectivity index is 0.000000100. The largest absolute Gasteiger partial charge is 0.494 e. The Morgan fingerprint density at radius 2 is 0.587 bits per heavy atom. The Bertz CT molecular complexity index is 8640. The Labute approximate surface area is 854 Å². The van der Waals surface area contributed by atoms with Gasteiger partial charge in [-0.1, -0.05) is 429 Å². The van der Waals surface area contributed by atoms with Crippen LogP contribution in [0, 0.1) is 20.2 Å². The van der Waals surface area contributed by atoms with Gasteiger partial charge in [0, 0.05) is 43.7 Å². The fraction of sp³-hybridized carbons (Fsp3) is 0.145. The Morgan fingerprint density at radius 1 is 0.273 bits per heavy atom. The average molecular weight is 2010 g/mol. The van der Waals surface area contributed by atoms with Crippen LogP contribution in [0.2, 0.25) is 0 Å². The van der Waals surface area contributed by atoms with Crippen LogP contribution in [0.5, 0.6) is 0 Å². The summed E-state index contributed by atoms with van der Waals surface area (Å²) in [6.07, 6.45) is 1.03. The fourth-order valence-electron chi connectivity index (χ4n) is 23.4. The molecule has 6 aliphatic rings. The molecule has 1 fully saturated rings. The molecule has 698 valence electrons.